The van der Waals surface area contributed by atoms with Crippen LogP contribution in [0.2, 0.25) is 0 Å². The Morgan fingerprint density at radius 3 is 2.68 bits per heavy atom. The van der Waals surface area contributed by atoms with Gasteiger partial charge in [-0.3, -0.25) is 0 Å². The third kappa shape index (κ3) is 3.62. The normalized spacial score (nSPS) is 21.6. The second-order valence-corrected chi connectivity index (χ2v) is 6.49. The van der Waals surface area contributed by atoms with Crippen LogP contribution in [0.25, 0.3) is 11.1 Å². The summed E-state index contributed by atoms with van der Waals surface area (Å²) in [6, 6.07) is 14.3. The molecule has 2 aliphatic rings. The van der Waals surface area contributed by atoms with Crippen LogP contribution < -0.4 is 10.6 Å². The predicted molar refractivity (Wildman–Crippen MR) is 99.6 cm³/mol. The second-order valence-electron chi connectivity index (χ2n) is 6.49. The van der Waals surface area contributed by atoms with Crippen LogP contribution in [0.4, 0.5) is 14.9 Å². The lowest BCUT2D eigenvalue weighted by molar-refractivity contribution is 0.206. The predicted octanol–water partition coefficient (Wildman–Crippen LogP) is 3.74. The van der Waals surface area contributed by atoms with E-state index in [9.17, 15) is 9.18 Å². The number of likely N-dealkylation sites (tertiary alicyclic amines) is 1. The molecule has 2 atom stereocenters. The number of urea groups is 1. The van der Waals surface area contributed by atoms with Gasteiger partial charge in [0.25, 0.3) is 0 Å². The van der Waals surface area contributed by atoms with Crippen LogP contribution in [0, 0.1) is 11.7 Å². The topological polar surface area (TPSA) is 44.4 Å². The van der Waals surface area contributed by atoms with Gasteiger partial charge in [-0.05, 0) is 47.7 Å². The molecule has 25 heavy (non-hydrogen) atoms. The van der Waals surface area contributed by atoms with E-state index in [1.807, 2.05) is 35.2 Å². The summed E-state index contributed by atoms with van der Waals surface area (Å²) in [7, 11) is 0. The van der Waals surface area contributed by atoms with Gasteiger partial charge in [-0.2, -0.15) is 0 Å². The molecule has 2 fully saturated rings. The Morgan fingerprint density at radius 1 is 1.12 bits per heavy atom. The lowest BCUT2D eigenvalue weighted by Crippen LogP contribution is -2.41. The third-order valence-electron chi connectivity index (χ3n) is 4.98. The monoisotopic (exact) mass is 361 g/mol. The molecule has 0 unspecified atom stereocenters. The van der Waals surface area contributed by atoms with E-state index in [0.717, 1.165) is 42.9 Å². The molecule has 132 valence electrons. The number of hydrogen-bond donors (Lipinski definition) is 2. The number of anilines is 1. The van der Waals surface area contributed by atoms with Gasteiger partial charge >= 0.3 is 6.03 Å². The van der Waals surface area contributed by atoms with E-state index in [4.69, 9.17) is 0 Å². The first kappa shape index (κ1) is 17.7. The Kier molecular flexibility index (Phi) is 5.25. The summed E-state index contributed by atoms with van der Waals surface area (Å²) >= 11 is 0. The molecule has 2 aliphatic heterocycles. The largest absolute Gasteiger partial charge is 0.322 e. The molecule has 2 aromatic rings. The first-order valence-corrected chi connectivity index (χ1v) is 8.35. The molecule has 6 heteroatoms. The average Bonchev–Trinajstić information content (AvgIpc) is 3.18. The van der Waals surface area contributed by atoms with E-state index >= 15 is 0 Å². The molecular weight excluding hydrogens is 341 g/mol. The molecule has 0 aromatic heterocycles. The van der Waals surface area contributed by atoms with Gasteiger partial charge in [0.15, 0.2) is 0 Å². The molecule has 0 radical (unpaired) electrons. The van der Waals surface area contributed by atoms with Crippen molar-refractivity contribution in [3.8, 4) is 11.1 Å². The first-order valence-electron chi connectivity index (χ1n) is 8.35. The summed E-state index contributed by atoms with van der Waals surface area (Å²) in [5.41, 5.74) is 2.41. The number of carbonyl (C=O) groups excluding carboxylic acids is 1. The van der Waals surface area contributed by atoms with Crippen LogP contribution in [0.1, 0.15) is 6.42 Å². The van der Waals surface area contributed by atoms with Crippen molar-refractivity contribution >= 4 is 24.1 Å². The number of rotatable bonds is 2. The molecule has 2 heterocycles. The highest BCUT2D eigenvalue weighted by Crippen LogP contribution is 2.28. The molecular formula is C19H21ClFN3O. The average molecular weight is 362 g/mol. The smallest absolute Gasteiger partial charge is 0.320 e. The van der Waals surface area contributed by atoms with Gasteiger partial charge in [-0.15, -0.1) is 12.4 Å². The maximum Gasteiger partial charge on any atom is 0.322 e. The highest BCUT2D eigenvalue weighted by Gasteiger charge is 2.39. The second kappa shape index (κ2) is 7.42. The van der Waals surface area contributed by atoms with Gasteiger partial charge in [-0.1, -0.05) is 24.3 Å². The molecule has 2 aromatic carbocycles. The summed E-state index contributed by atoms with van der Waals surface area (Å²) in [6.45, 7) is 2.69. The van der Waals surface area contributed by atoms with Gasteiger partial charge in [0, 0.05) is 31.4 Å². The molecule has 2 N–H and O–H groups in total. The molecule has 0 aliphatic carbocycles. The van der Waals surface area contributed by atoms with Gasteiger partial charge in [0.05, 0.1) is 0 Å². The van der Waals surface area contributed by atoms with Crippen LogP contribution in [0.15, 0.2) is 48.5 Å². The molecule has 0 spiro atoms. The van der Waals surface area contributed by atoms with E-state index in [1.54, 1.807) is 6.07 Å². The summed E-state index contributed by atoms with van der Waals surface area (Å²) in [4.78, 5) is 14.5. The van der Waals surface area contributed by atoms with E-state index in [0.29, 0.717) is 12.0 Å². The van der Waals surface area contributed by atoms with Gasteiger partial charge in [0.2, 0.25) is 0 Å². The number of halogens is 2. The minimum atomic E-state index is -0.265. The van der Waals surface area contributed by atoms with Crippen molar-refractivity contribution in [2.45, 2.75) is 12.5 Å². The standard InChI is InChI=1S/C19H20FN3O.ClH/c20-16-5-1-3-13(9-16)14-4-2-6-17(10-14)22-19(24)23-8-7-15-11-21-12-18(15)23;/h1-6,9-10,15,18,21H,7-8,11-12H2,(H,22,24);1H/t15-,18+;/m0./s1. The fourth-order valence-electron chi connectivity index (χ4n) is 3.74. The number of benzene rings is 2. The highest BCUT2D eigenvalue weighted by molar-refractivity contribution is 5.90. The first-order chi connectivity index (χ1) is 11.7. The number of hydrogen-bond acceptors (Lipinski definition) is 2. The van der Waals surface area contributed by atoms with E-state index in [2.05, 4.69) is 10.6 Å². The number of carbonyl (C=O) groups is 1. The third-order valence-corrected chi connectivity index (χ3v) is 4.98. The fourth-order valence-corrected chi connectivity index (χ4v) is 3.74. The lowest BCUT2D eigenvalue weighted by atomic mass is 10.0. The minimum absolute atomic E-state index is 0. The fraction of sp³-hybridized carbons (Fsp3) is 0.316. The molecule has 4 nitrogen and oxygen atoms in total. The Labute approximate surface area is 152 Å². The highest BCUT2D eigenvalue weighted by atomic mass is 35.5. The van der Waals surface area contributed by atoms with Crippen LogP contribution in [0.3, 0.4) is 0 Å². The van der Waals surface area contributed by atoms with Crippen molar-refractivity contribution in [1.82, 2.24) is 10.2 Å². The van der Waals surface area contributed by atoms with Crippen molar-refractivity contribution in [2.75, 3.05) is 25.0 Å². The number of amides is 2. The number of nitrogens with one attached hydrogen (secondary N) is 2. The Balaban J connectivity index is 0.00000182. The quantitative estimate of drug-likeness (QED) is 0.855. The maximum absolute atomic E-state index is 13.4. The van der Waals surface area contributed by atoms with Gasteiger partial charge < -0.3 is 15.5 Å². The van der Waals surface area contributed by atoms with Crippen molar-refractivity contribution in [3.63, 3.8) is 0 Å². The Bertz CT molecular complexity index is 770. The van der Waals surface area contributed by atoms with E-state index in [1.165, 1.54) is 12.1 Å². The minimum Gasteiger partial charge on any atom is -0.320 e. The van der Waals surface area contributed by atoms with Crippen molar-refractivity contribution in [2.24, 2.45) is 5.92 Å². The Morgan fingerprint density at radius 2 is 1.88 bits per heavy atom. The van der Waals surface area contributed by atoms with Crippen molar-refractivity contribution in [1.29, 1.82) is 0 Å². The van der Waals surface area contributed by atoms with Gasteiger partial charge in [0.1, 0.15) is 5.82 Å². The molecule has 2 saturated heterocycles. The van der Waals surface area contributed by atoms with E-state index < -0.39 is 0 Å². The zero-order valence-electron chi connectivity index (χ0n) is 13.7. The van der Waals surface area contributed by atoms with Crippen LogP contribution >= 0.6 is 12.4 Å². The molecule has 0 bridgehead atoms. The number of fused-ring (bicyclic) bond motifs is 1. The Hall–Kier alpha value is -2.11. The van der Waals surface area contributed by atoms with E-state index in [-0.39, 0.29) is 24.3 Å². The summed E-state index contributed by atoms with van der Waals surface area (Å²) in [5.74, 6) is 0.313. The molecule has 4 rings (SSSR count). The van der Waals surface area contributed by atoms with Gasteiger partial charge in [-0.25, -0.2) is 9.18 Å². The van der Waals surface area contributed by atoms with Crippen molar-refractivity contribution in [3.05, 3.63) is 54.3 Å². The molecule has 0 saturated carbocycles. The molecule has 2 amide bonds. The zero-order chi connectivity index (χ0) is 16.5. The zero-order valence-corrected chi connectivity index (χ0v) is 14.6. The number of nitrogens with zero attached hydrogens (tertiary/aromatic N) is 1. The van der Waals surface area contributed by atoms with Crippen LogP contribution in [-0.4, -0.2) is 36.6 Å². The van der Waals surface area contributed by atoms with Crippen molar-refractivity contribution < 1.29 is 9.18 Å². The SMILES string of the molecule is Cl.O=C(Nc1cccc(-c2cccc(F)c2)c1)N1CC[C@H]2CNC[C@H]21. The maximum atomic E-state index is 13.4. The van der Waals surface area contributed by atoms with Crippen LogP contribution in [-0.2, 0) is 0 Å². The summed E-state index contributed by atoms with van der Waals surface area (Å²) in [6.07, 6.45) is 1.06. The van der Waals surface area contributed by atoms with Crippen LogP contribution in [0.5, 0.6) is 0 Å². The summed E-state index contributed by atoms with van der Waals surface area (Å²) < 4.78 is 13.4. The lowest BCUT2D eigenvalue weighted by Gasteiger charge is -2.23. The summed E-state index contributed by atoms with van der Waals surface area (Å²) in [5, 5.41) is 6.34.